The van der Waals surface area contributed by atoms with E-state index in [4.69, 9.17) is 0 Å². The van der Waals surface area contributed by atoms with Crippen molar-refractivity contribution in [1.82, 2.24) is 4.37 Å². The maximum Gasteiger partial charge on any atom is 0.210 e. The lowest BCUT2D eigenvalue weighted by Gasteiger charge is -2.27. The van der Waals surface area contributed by atoms with E-state index < -0.39 is 0 Å². The highest BCUT2D eigenvalue weighted by Gasteiger charge is 2.31. The molecule has 0 aliphatic carbocycles. The van der Waals surface area contributed by atoms with Gasteiger partial charge in [0.2, 0.25) is 5.13 Å². The van der Waals surface area contributed by atoms with E-state index in [1.807, 2.05) is 0 Å². The van der Waals surface area contributed by atoms with Gasteiger partial charge in [0.25, 0.3) is 0 Å². The first kappa shape index (κ1) is 14.1. The molecule has 1 unspecified atom stereocenters. The molecule has 16 heavy (non-hydrogen) atoms. The first-order valence-corrected chi connectivity index (χ1v) is 7.43. The maximum atomic E-state index is 13.3. The van der Waals surface area contributed by atoms with Crippen LogP contribution in [0, 0.1) is 5.13 Å². The first-order valence-electron chi connectivity index (χ1n) is 5.86. The highest BCUT2D eigenvalue weighted by molar-refractivity contribution is 9.10. The normalized spacial score (nSPS) is 15.1. The zero-order valence-electron chi connectivity index (χ0n) is 10.1. The molecule has 0 aliphatic rings. The summed E-state index contributed by atoms with van der Waals surface area (Å²) in [5.74, 6) is 0. The van der Waals surface area contributed by atoms with Crippen LogP contribution in [0.2, 0.25) is 0 Å². The molecule has 1 atom stereocenters. The van der Waals surface area contributed by atoms with Crippen LogP contribution in [0.1, 0.15) is 58.6 Å². The van der Waals surface area contributed by atoms with E-state index >= 15 is 0 Å². The minimum atomic E-state index is -0.200. The molecule has 0 aliphatic heterocycles. The van der Waals surface area contributed by atoms with E-state index in [-0.39, 0.29) is 10.5 Å². The van der Waals surface area contributed by atoms with E-state index in [2.05, 4.69) is 41.1 Å². The van der Waals surface area contributed by atoms with E-state index in [9.17, 15) is 4.39 Å². The smallest absolute Gasteiger partial charge is 0.193 e. The third kappa shape index (κ3) is 3.04. The van der Waals surface area contributed by atoms with Gasteiger partial charge in [0.1, 0.15) is 0 Å². The number of halogens is 2. The highest BCUT2D eigenvalue weighted by atomic mass is 79.9. The van der Waals surface area contributed by atoms with Crippen LogP contribution in [0.5, 0.6) is 0 Å². The summed E-state index contributed by atoms with van der Waals surface area (Å²) in [5, 5.41) is -0.200. The van der Waals surface area contributed by atoms with Gasteiger partial charge < -0.3 is 0 Å². The van der Waals surface area contributed by atoms with Crippen LogP contribution in [0.4, 0.5) is 4.39 Å². The minimum Gasteiger partial charge on any atom is -0.193 e. The third-order valence-electron chi connectivity index (χ3n) is 3.05. The van der Waals surface area contributed by atoms with Crippen molar-refractivity contribution < 1.29 is 4.39 Å². The molecule has 0 saturated heterocycles. The zero-order valence-corrected chi connectivity index (χ0v) is 12.5. The summed E-state index contributed by atoms with van der Waals surface area (Å²) >= 11 is 4.27. The molecule has 0 saturated carbocycles. The number of rotatable bonds is 6. The van der Waals surface area contributed by atoms with Gasteiger partial charge in [0.15, 0.2) is 0 Å². The Labute approximate surface area is 110 Å². The monoisotopic (exact) mass is 307 g/mol. The van der Waals surface area contributed by atoms with Crippen LogP contribution < -0.4 is 0 Å². The van der Waals surface area contributed by atoms with Gasteiger partial charge in [-0.3, -0.25) is 0 Å². The van der Waals surface area contributed by atoms with Crippen LogP contribution in [-0.4, -0.2) is 4.37 Å². The topological polar surface area (TPSA) is 12.9 Å². The van der Waals surface area contributed by atoms with E-state index in [1.165, 1.54) is 12.8 Å². The van der Waals surface area contributed by atoms with Gasteiger partial charge in [-0.15, -0.1) is 0 Å². The van der Waals surface area contributed by atoms with Gasteiger partial charge in [-0.1, -0.05) is 40.0 Å². The first-order chi connectivity index (χ1) is 7.55. The van der Waals surface area contributed by atoms with E-state index in [0.717, 1.165) is 36.5 Å². The third-order valence-corrected chi connectivity index (χ3v) is 4.68. The number of hydrogen-bond donors (Lipinski definition) is 0. The van der Waals surface area contributed by atoms with Gasteiger partial charge >= 0.3 is 0 Å². The standard InChI is InChI=1S/C12H19BrFNS/c1-4-6-8-12(3,7-5-2)10-9(13)11(14)16-15-10/h4-8H2,1-3H3. The van der Waals surface area contributed by atoms with Crippen molar-refractivity contribution in [3.63, 3.8) is 0 Å². The molecule has 92 valence electrons. The summed E-state index contributed by atoms with van der Waals surface area (Å²) in [5.41, 5.74) is 0.926. The predicted octanol–water partition coefficient (Wildman–Crippen LogP) is 5.29. The Morgan fingerprint density at radius 1 is 1.31 bits per heavy atom. The molecule has 0 fully saturated rings. The highest BCUT2D eigenvalue weighted by Crippen LogP contribution is 2.39. The van der Waals surface area contributed by atoms with Crippen molar-refractivity contribution in [2.24, 2.45) is 0 Å². The molecule has 1 rings (SSSR count). The van der Waals surface area contributed by atoms with Gasteiger partial charge in [-0.05, 0) is 40.3 Å². The van der Waals surface area contributed by atoms with Crippen molar-refractivity contribution in [3.8, 4) is 0 Å². The van der Waals surface area contributed by atoms with E-state index in [0.29, 0.717) is 4.47 Å². The summed E-state index contributed by atoms with van der Waals surface area (Å²) in [4.78, 5) is 0. The average molecular weight is 308 g/mol. The molecule has 0 spiro atoms. The number of hydrogen-bond acceptors (Lipinski definition) is 2. The summed E-state index contributed by atoms with van der Waals surface area (Å²) in [7, 11) is 0. The molecule has 0 amide bonds. The predicted molar refractivity (Wildman–Crippen MR) is 71.6 cm³/mol. The Kier molecular flexibility index (Phi) is 5.38. The lowest BCUT2D eigenvalue weighted by atomic mass is 9.78. The zero-order chi connectivity index (χ0) is 12.2. The molecule has 0 bridgehead atoms. The molecule has 0 radical (unpaired) electrons. The fourth-order valence-electron chi connectivity index (χ4n) is 2.11. The second kappa shape index (κ2) is 6.10. The summed E-state index contributed by atoms with van der Waals surface area (Å²) in [6.45, 7) is 6.55. The molecule has 1 aromatic rings. The molecular formula is C12H19BrFNS. The Bertz CT molecular complexity index is 340. The second-order valence-electron chi connectivity index (χ2n) is 4.53. The summed E-state index contributed by atoms with van der Waals surface area (Å²) in [6, 6.07) is 0. The maximum absolute atomic E-state index is 13.3. The Morgan fingerprint density at radius 2 is 2.00 bits per heavy atom. The Morgan fingerprint density at radius 3 is 2.44 bits per heavy atom. The fraction of sp³-hybridized carbons (Fsp3) is 0.750. The van der Waals surface area contributed by atoms with Gasteiger partial charge in [0.05, 0.1) is 10.2 Å². The number of nitrogens with zero attached hydrogens (tertiary/aromatic N) is 1. The second-order valence-corrected chi connectivity index (χ2v) is 6.05. The van der Waals surface area contributed by atoms with Crippen LogP contribution in [-0.2, 0) is 5.41 Å². The van der Waals surface area contributed by atoms with Crippen molar-refractivity contribution in [2.45, 2.75) is 58.3 Å². The van der Waals surface area contributed by atoms with Crippen LogP contribution >= 0.6 is 27.5 Å². The molecule has 1 aromatic heterocycles. The average Bonchev–Trinajstić information content (AvgIpc) is 2.58. The molecule has 0 aromatic carbocycles. The number of aromatic nitrogens is 1. The molecule has 1 nitrogen and oxygen atoms in total. The Hall–Kier alpha value is 0.0400. The fourth-order valence-corrected chi connectivity index (χ4v) is 3.68. The Balaban J connectivity index is 2.96. The van der Waals surface area contributed by atoms with Crippen LogP contribution in [0.3, 0.4) is 0 Å². The molecule has 0 N–H and O–H groups in total. The lowest BCUT2D eigenvalue weighted by Crippen LogP contribution is -2.22. The van der Waals surface area contributed by atoms with Gasteiger partial charge in [-0.25, -0.2) is 0 Å². The van der Waals surface area contributed by atoms with E-state index in [1.54, 1.807) is 0 Å². The summed E-state index contributed by atoms with van der Waals surface area (Å²) < 4.78 is 18.2. The van der Waals surface area contributed by atoms with Gasteiger partial charge in [0, 0.05) is 5.41 Å². The van der Waals surface area contributed by atoms with Gasteiger partial charge in [-0.2, -0.15) is 8.76 Å². The SMILES string of the molecule is CCCCC(C)(CCC)c1nsc(F)c1Br. The molecule has 4 heteroatoms. The quantitative estimate of drug-likeness (QED) is 0.695. The lowest BCUT2D eigenvalue weighted by molar-refractivity contribution is 0.373. The van der Waals surface area contributed by atoms with Crippen LogP contribution in [0.25, 0.3) is 0 Å². The van der Waals surface area contributed by atoms with Crippen molar-refractivity contribution in [2.75, 3.05) is 0 Å². The van der Waals surface area contributed by atoms with Crippen molar-refractivity contribution in [3.05, 3.63) is 15.3 Å². The number of unbranched alkanes of at least 4 members (excludes halogenated alkanes) is 1. The van der Waals surface area contributed by atoms with Crippen LogP contribution in [0.15, 0.2) is 4.47 Å². The largest absolute Gasteiger partial charge is 0.210 e. The molecular weight excluding hydrogens is 289 g/mol. The summed E-state index contributed by atoms with van der Waals surface area (Å²) in [6.07, 6.45) is 5.59. The molecule has 1 heterocycles. The minimum absolute atomic E-state index is 0.0183. The van der Waals surface area contributed by atoms with Crippen molar-refractivity contribution in [1.29, 1.82) is 0 Å². The van der Waals surface area contributed by atoms with Crippen molar-refractivity contribution >= 4 is 27.5 Å².